The molecule has 0 radical (unpaired) electrons. The number of benzene rings is 2. The van der Waals surface area contributed by atoms with Crippen molar-refractivity contribution in [1.29, 1.82) is 0 Å². The Bertz CT molecular complexity index is 1030. The van der Waals surface area contributed by atoms with E-state index in [4.69, 9.17) is 0 Å². The summed E-state index contributed by atoms with van der Waals surface area (Å²) in [7, 11) is 0. The fraction of sp³-hybridized carbons (Fsp3) is 0.304. The van der Waals surface area contributed by atoms with Gasteiger partial charge in [-0.3, -0.25) is 9.69 Å². The highest BCUT2D eigenvalue weighted by Crippen LogP contribution is 2.17. The van der Waals surface area contributed by atoms with Crippen LogP contribution in [0.5, 0.6) is 0 Å². The molecule has 0 atom stereocenters. The summed E-state index contributed by atoms with van der Waals surface area (Å²) in [5.74, 6) is -1.82. The molecule has 156 valence electrons. The van der Waals surface area contributed by atoms with E-state index in [1.54, 1.807) is 16.8 Å². The molecule has 1 amide bonds. The van der Waals surface area contributed by atoms with Gasteiger partial charge in [-0.25, -0.2) is 13.5 Å². The summed E-state index contributed by atoms with van der Waals surface area (Å²) in [6.45, 7) is 4.05. The van der Waals surface area contributed by atoms with Crippen molar-refractivity contribution in [3.05, 3.63) is 83.2 Å². The number of aromatic nitrogens is 2. The number of hydrogen-bond donors (Lipinski definition) is 1. The molecule has 2 heterocycles. The van der Waals surface area contributed by atoms with Gasteiger partial charge in [-0.1, -0.05) is 24.3 Å². The SMILES string of the molecule is Cc1cc(C(=O)NC2CCN(Cc3ccc(F)c(F)c3)CC2)nn1-c1ccccc1. The highest BCUT2D eigenvalue weighted by Gasteiger charge is 2.23. The maximum atomic E-state index is 13.4. The van der Waals surface area contributed by atoms with Gasteiger partial charge in [0.25, 0.3) is 5.91 Å². The Kier molecular flexibility index (Phi) is 5.90. The van der Waals surface area contributed by atoms with E-state index in [0.29, 0.717) is 12.2 Å². The van der Waals surface area contributed by atoms with Crippen LogP contribution >= 0.6 is 0 Å². The molecule has 1 saturated heterocycles. The van der Waals surface area contributed by atoms with Gasteiger partial charge in [-0.15, -0.1) is 0 Å². The molecule has 4 rings (SSSR count). The number of aryl methyl sites for hydroxylation is 1. The lowest BCUT2D eigenvalue weighted by Crippen LogP contribution is -2.44. The maximum absolute atomic E-state index is 13.4. The molecule has 1 N–H and O–H groups in total. The van der Waals surface area contributed by atoms with Crippen molar-refractivity contribution < 1.29 is 13.6 Å². The third-order valence-corrected chi connectivity index (χ3v) is 5.43. The van der Waals surface area contributed by atoms with Gasteiger partial charge in [-0.05, 0) is 55.7 Å². The summed E-state index contributed by atoms with van der Waals surface area (Å²) < 4.78 is 28.2. The quantitative estimate of drug-likeness (QED) is 0.695. The smallest absolute Gasteiger partial charge is 0.272 e. The van der Waals surface area contributed by atoms with E-state index in [0.717, 1.165) is 48.9 Å². The molecule has 30 heavy (non-hydrogen) atoms. The first kappa shape index (κ1) is 20.2. The van der Waals surface area contributed by atoms with Gasteiger partial charge >= 0.3 is 0 Å². The van der Waals surface area contributed by atoms with Gasteiger partial charge < -0.3 is 5.32 Å². The highest BCUT2D eigenvalue weighted by molar-refractivity contribution is 5.92. The number of halogens is 2. The predicted molar refractivity (Wildman–Crippen MR) is 110 cm³/mol. The van der Waals surface area contributed by atoms with E-state index >= 15 is 0 Å². The Morgan fingerprint density at radius 2 is 1.80 bits per heavy atom. The van der Waals surface area contributed by atoms with Crippen molar-refractivity contribution in [2.24, 2.45) is 0 Å². The molecular weight excluding hydrogens is 386 g/mol. The number of para-hydroxylation sites is 1. The van der Waals surface area contributed by atoms with E-state index in [-0.39, 0.29) is 11.9 Å². The Morgan fingerprint density at radius 1 is 1.07 bits per heavy atom. The summed E-state index contributed by atoms with van der Waals surface area (Å²) in [4.78, 5) is 14.9. The first-order chi connectivity index (χ1) is 14.5. The molecule has 5 nitrogen and oxygen atoms in total. The predicted octanol–water partition coefficient (Wildman–Crippen LogP) is 3.85. The molecule has 1 aromatic heterocycles. The topological polar surface area (TPSA) is 50.2 Å². The lowest BCUT2D eigenvalue weighted by molar-refractivity contribution is 0.0903. The fourth-order valence-electron chi connectivity index (χ4n) is 3.81. The van der Waals surface area contributed by atoms with Crippen LogP contribution in [0, 0.1) is 18.6 Å². The monoisotopic (exact) mass is 410 g/mol. The number of carbonyl (C=O) groups excluding carboxylic acids is 1. The first-order valence-corrected chi connectivity index (χ1v) is 10.1. The summed E-state index contributed by atoms with van der Waals surface area (Å²) >= 11 is 0. The third kappa shape index (κ3) is 4.57. The number of amides is 1. The van der Waals surface area contributed by atoms with Gasteiger partial charge in [0.05, 0.1) is 5.69 Å². The number of likely N-dealkylation sites (tertiary alicyclic amines) is 1. The molecule has 7 heteroatoms. The van der Waals surface area contributed by atoms with Crippen molar-refractivity contribution >= 4 is 5.91 Å². The minimum atomic E-state index is -0.829. The Morgan fingerprint density at radius 3 is 2.50 bits per heavy atom. The van der Waals surface area contributed by atoms with Crippen LogP contribution in [0.25, 0.3) is 5.69 Å². The maximum Gasteiger partial charge on any atom is 0.272 e. The normalized spacial score (nSPS) is 15.3. The number of nitrogens with one attached hydrogen (secondary N) is 1. The molecule has 0 unspecified atom stereocenters. The van der Waals surface area contributed by atoms with E-state index in [1.165, 1.54) is 6.07 Å². The highest BCUT2D eigenvalue weighted by atomic mass is 19.2. The molecule has 2 aromatic carbocycles. The molecular formula is C23H24F2N4O. The van der Waals surface area contributed by atoms with Crippen LogP contribution in [0.4, 0.5) is 8.78 Å². The van der Waals surface area contributed by atoms with Gasteiger partial charge in [-0.2, -0.15) is 5.10 Å². The molecule has 3 aromatic rings. The summed E-state index contributed by atoms with van der Waals surface area (Å²) in [5, 5.41) is 7.54. The molecule has 1 fully saturated rings. The molecule has 0 bridgehead atoms. The van der Waals surface area contributed by atoms with Gasteiger partial charge in [0.1, 0.15) is 0 Å². The molecule has 1 aliphatic rings. The van der Waals surface area contributed by atoms with Crippen LogP contribution in [0.1, 0.15) is 34.6 Å². The van der Waals surface area contributed by atoms with Gasteiger partial charge in [0.2, 0.25) is 0 Å². The van der Waals surface area contributed by atoms with Crippen molar-refractivity contribution in [2.45, 2.75) is 32.4 Å². The van der Waals surface area contributed by atoms with Crippen LogP contribution < -0.4 is 5.32 Å². The van der Waals surface area contributed by atoms with Crippen LogP contribution in [0.2, 0.25) is 0 Å². The van der Waals surface area contributed by atoms with Crippen LogP contribution in [-0.2, 0) is 6.54 Å². The molecule has 0 aliphatic carbocycles. The van der Waals surface area contributed by atoms with Gasteiger partial charge in [0.15, 0.2) is 17.3 Å². The lowest BCUT2D eigenvalue weighted by Gasteiger charge is -2.32. The minimum absolute atomic E-state index is 0.0703. The van der Waals surface area contributed by atoms with Crippen molar-refractivity contribution in [3.8, 4) is 5.69 Å². The standard InChI is InChI=1S/C23H24F2N4O/c1-16-13-22(27-29(16)19-5-3-2-4-6-19)23(30)26-18-9-11-28(12-10-18)15-17-7-8-20(24)21(25)14-17/h2-8,13-14,18H,9-12,15H2,1H3,(H,26,30). The Hall–Kier alpha value is -3.06. The third-order valence-electron chi connectivity index (χ3n) is 5.43. The van der Waals surface area contributed by atoms with Crippen molar-refractivity contribution in [3.63, 3.8) is 0 Å². The number of carbonyl (C=O) groups is 1. The Labute approximate surface area is 174 Å². The van der Waals surface area contributed by atoms with Crippen LogP contribution in [-0.4, -0.2) is 39.7 Å². The second kappa shape index (κ2) is 8.75. The van der Waals surface area contributed by atoms with Crippen LogP contribution in [0.15, 0.2) is 54.6 Å². The Balaban J connectivity index is 1.32. The number of nitrogens with zero attached hydrogens (tertiary/aromatic N) is 3. The summed E-state index contributed by atoms with van der Waals surface area (Å²) in [6.07, 6.45) is 1.60. The average molecular weight is 410 g/mol. The minimum Gasteiger partial charge on any atom is -0.348 e. The van der Waals surface area contributed by atoms with Crippen LogP contribution in [0.3, 0.4) is 0 Å². The molecule has 1 aliphatic heterocycles. The van der Waals surface area contributed by atoms with E-state index in [1.807, 2.05) is 37.3 Å². The first-order valence-electron chi connectivity index (χ1n) is 10.1. The number of rotatable bonds is 5. The summed E-state index contributed by atoms with van der Waals surface area (Å²) in [5.41, 5.74) is 2.96. The van der Waals surface area contributed by atoms with Gasteiger partial charge in [0, 0.05) is 31.4 Å². The van der Waals surface area contributed by atoms with E-state index in [2.05, 4.69) is 15.3 Å². The number of piperidine rings is 1. The van der Waals surface area contributed by atoms with Crippen molar-refractivity contribution in [2.75, 3.05) is 13.1 Å². The molecule has 0 saturated carbocycles. The van der Waals surface area contributed by atoms with E-state index < -0.39 is 11.6 Å². The average Bonchev–Trinajstić information content (AvgIpc) is 3.15. The van der Waals surface area contributed by atoms with E-state index in [9.17, 15) is 13.6 Å². The lowest BCUT2D eigenvalue weighted by atomic mass is 10.0. The zero-order valence-electron chi connectivity index (χ0n) is 16.8. The molecule has 0 spiro atoms. The largest absolute Gasteiger partial charge is 0.348 e. The second-order valence-corrected chi connectivity index (χ2v) is 7.69. The fourth-order valence-corrected chi connectivity index (χ4v) is 3.81. The summed E-state index contributed by atoms with van der Waals surface area (Å²) in [6, 6.07) is 15.6. The zero-order chi connectivity index (χ0) is 21.1. The van der Waals surface area contributed by atoms with Crippen molar-refractivity contribution in [1.82, 2.24) is 20.0 Å². The second-order valence-electron chi connectivity index (χ2n) is 7.69. The number of hydrogen-bond acceptors (Lipinski definition) is 3. The zero-order valence-corrected chi connectivity index (χ0v) is 16.8.